The minimum Gasteiger partial charge on any atom is -0.431 e. The predicted octanol–water partition coefficient (Wildman–Crippen LogP) is 2.85. The van der Waals surface area contributed by atoms with Gasteiger partial charge in [0, 0.05) is 0 Å². The minimum atomic E-state index is -0.720. The predicted molar refractivity (Wildman–Crippen MR) is 73.6 cm³/mol. The van der Waals surface area contributed by atoms with E-state index in [1.165, 1.54) is 12.4 Å². The van der Waals surface area contributed by atoms with Crippen molar-refractivity contribution in [1.82, 2.24) is 9.97 Å². The zero-order valence-electron chi connectivity index (χ0n) is 11.2. The molecule has 7 nitrogen and oxygen atoms in total. The average molecular weight is 292 g/mol. The van der Waals surface area contributed by atoms with Crippen molar-refractivity contribution < 1.29 is 14.1 Å². The lowest BCUT2D eigenvalue weighted by Gasteiger charge is -2.10. The van der Waals surface area contributed by atoms with Crippen molar-refractivity contribution in [2.24, 2.45) is 0 Å². The van der Waals surface area contributed by atoms with E-state index in [-0.39, 0.29) is 17.4 Å². The summed E-state index contributed by atoms with van der Waals surface area (Å²) >= 11 is 0. The monoisotopic (exact) mass is 292 g/mol. The number of hydrogen-bond acceptors (Lipinski definition) is 6. The Labute approximate surface area is 119 Å². The highest BCUT2D eigenvalue weighted by Gasteiger charge is 2.19. The number of ether oxygens (including phenoxy) is 1. The first-order valence-corrected chi connectivity index (χ1v) is 6.24. The van der Waals surface area contributed by atoms with Gasteiger partial charge in [-0.2, -0.15) is 0 Å². The molecular formula is C13H13FN4O3. The van der Waals surface area contributed by atoms with Gasteiger partial charge in [-0.25, -0.2) is 14.4 Å². The molecule has 21 heavy (non-hydrogen) atoms. The van der Waals surface area contributed by atoms with Gasteiger partial charge in [0.05, 0.1) is 16.6 Å². The van der Waals surface area contributed by atoms with Crippen LogP contribution < -0.4 is 10.5 Å². The molecule has 0 saturated carbocycles. The van der Waals surface area contributed by atoms with Gasteiger partial charge in [-0.15, -0.1) is 0 Å². The Morgan fingerprint density at radius 1 is 1.43 bits per heavy atom. The summed E-state index contributed by atoms with van der Waals surface area (Å²) in [7, 11) is 0. The molecule has 0 spiro atoms. The first kappa shape index (κ1) is 14.6. The molecule has 2 N–H and O–H groups in total. The van der Waals surface area contributed by atoms with E-state index in [0.717, 1.165) is 18.6 Å². The normalized spacial score (nSPS) is 10.4. The van der Waals surface area contributed by atoms with Crippen LogP contribution in [-0.2, 0) is 6.42 Å². The summed E-state index contributed by atoms with van der Waals surface area (Å²) < 4.78 is 18.6. The van der Waals surface area contributed by atoms with Crippen molar-refractivity contribution in [3.8, 4) is 11.6 Å². The molecule has 0 saturated heterocycles. The van der Waals surface area contributed by atoms with Gasteiger partial charge in [-0.1, -0.05) is 13.3 Å². The lowest BCUT2D eigenvalue weighted by molar-refractivity contribution is -0.385. The van der Waals surface area contributed by atoms with Crippen molar-refractivity contribution in [2.75, 3.05) is 5.73 Å². The molecule has 1 aromatic carbocycles. The number of aromatic nitrogens is 2. The van der Waals surface area contributed by atoms with Gasteiger partial charge in [-0.05, 0) is 18.6 Å². The van der Waals surface area contributed by atoms with Gasteiger partial charge < -0.3 is 10.5 Å². The summed E-state index contributed by atoms with van der Waals surface area (Å²) in [5.74, 6) is -0.424. The van der Waals surface area contributed by atoms with E-state index in [2.05, 4.69) is 9.97 Å². The Morgan fingerprint density at radius 3 is 2.86 bits per heavy atom. The third-order valence-corrected chi connectivity index (χ3v) is 2.76. The summed E-state index contributed by atoms with van der Waals surface area (Å²) in [6.45, 7) is 1.94. The summed E-state index contributed by atoms with van der Waals surface area (Å²) in [6, 6.07) is 3.05. The highest BCUT2D eigenvalue weighted by Crippen LogP contribution is 2.33. The van der Waals surface area contributed by atoms with Crippen LogP contribution in [-0.4, -0.2) is 14.9 Å². The zero-order chi connectivity index (χ0) is 15.4. The number of halogens is 1. The van der Waals surface area contributed by atoms with Gasteiger partial charge in [0.2, 0.25) is 11.6 Å². The lowest BCUT2D eigenvalue weighted by Crippen LogP contribution is -2.03. The molecule has 8 heteroatoms. The van der Waals surface area contributed by atoms with Gasteiger partial charge in [0.25, 0.3) is 0 Å². The third kappa shape index (κ3) is 3.22. The van der Waals surface area contributed by atoms with E-state index in [0.29, 0.717) is 12.0 Å². The van der Waals surface area contributed by atoms with E-state index in [1.54, 1.807) is 0 Å². The van der Waals surface area contributed by atoms with Crippen LogP contribution in [0.2, 0.25) is 0 Å². The smallest absolute Gasteiger partial charge is 0.314 e. The van der Waals surface area contributed by atoms with Crippen LogP contribution in [0.3, 0.4) is 0 Å². The molecule has 0 bridgehead atoms. The average Bonchev–Trinajstić information content (AvgIpc) is 2.44. The molecule has 2 aromatic rings. The standard InChI is InChI=1S/C13H13FN4O3/c1-2-3-9-12(15)16-7-17-13(9)21-11-5-4-8(14)6-10(11)18(19)20/h4-7H,2-3H2,1H3,(H2,15,16,17). The molecule has 0 aliphatic heterocycles. The second-order valence-electron chi connectivity index (χ2n) is 4.26. The molecule has 1 heterocycles. The highest BCUT2D eigenvalue weighted by atomic mass is 19.1. The maximum atomic E-state index is 13.1. The molecule has 0 atom stereocenters. The molecular weight excluding hydrogens is 279 g/mol. The number of nitrogen functional groups attached to an aromatic ring is 1. The van der Waals surface area contributed by atoms with Crippen LogP contribution in [0, 0.1) is 15.9 Å². The van der Waals surface area contributed by atoms with Gasteiger partial charge in [0.15, 0.2) is 0 Å². The second-order valence-corrected chi connectivity index (χ2v) is 4.26. The summed E-state index contributed by atoms with van der Waals surface area (Å²) in [4.78, 5) is 18.0. The molecule has 2 rings (SSSR count). The summed E-state index contributed by atoms with van der Waals surface area (Å²) in [6.07, 6.45) is 2.55. The third-order valence-electron chi connectivity index (χ3n) is 2.76. The Bertz CT molecular complexity index is 678. The Kier molecular flexibility index (Phi) is 4.27. The van der Waals surface area contributed by atoms with Crippen LogP contribution in [0.15, 0.2) is 24.5 Å². The van der Waals surface area contributed by atoms with Crippen molar-refractivity contribution in [3.05, 3.63) is 46.0 Å². The minimum absolute atomic E-state index is 0.100. The number of anilines is 1. The van der Waals surface area contributed by atoms with Crippen LogP contribution in [0.25, 0.3) is 0 Å². The first-order valence-electron chi connectivity index (χ1n) is 6.24. The number of nitrogens with zero attached hydrogens (tertiary/aromatic N) is 3. The number of nitrogens with two attached hydrogens (primary N) is 1. The Balaban J connectivity index is 2.43. The number of nitro groups is 1. The number of rotatable bonds is 5. The molecule has 110 valence electrons. The van der Waals surface area contributed by atoms with Crippen LogP contribution in [0.1, 0.15) is 18.9 Å². The van der Waals surface area contributed by atoms with E-state index >= 15 is 0 Å². The molecule has 0 fully saturated rings. The quantitative estimate of drug-likeness (QED) is 0.671. The van der Waals surface area contributed by atoms with Crippen LogP contribution in [0.5, 0.6) is 11.6 Å². The maximum absolute atomic E-state index is 13.1. The van der Waals surface area contributed by atoms with Crippen molar-refractivity contribution >= 4 is 11.5 Å². The van der Waals surface area contributed by atoms with Crippen molar-refractivity contribution in [3.63, 3.8) is 0 Å². The summed E-state index contributed by atoms with van der Waals surface area (Å²) in [5, 5.41) is 10.9. The van der Waals surface area contributed by atoms with Crippen LogP contribution in [0.4, 0.5) is 15.9 Å². The van der Waals surface area contributed by atoms with Gasteiger partial charge in [0.1, 0.15) is 18.0 Å². The highest BCUT2D eigenvalue weighted by molar-refractivity contribution is 5.51. The maximum Gasteiger partial charge on any atom is 0.314 e. The van der Waals surface area contributed by atoms with Gasteiger partial charge in [-0.3, -0.25) is 10.1 Å². The van der Waals surface area contributed by atoms with E-state index in [1.807, 2.05) is 6.92 Å². The summed E-state index contributed by atoms with van der Waals surface area (Å²) in [5.41, 5.74) is 5.85. The topological polar surface area (TPSA) is 104 Å². The second kappa shape index (κ2) is 6.12. The van der Waals surface area contributed by atoms with Gasteiger partial charge >= 0.3 is 5.69 Å². The first-order chi connectivity index (χ1) is 10.0. The Morgan fingerprint density at radius 2 is 2.19 bits per heavy atom. The van der Waals surface area contributed by atoms with E-state index in [9.17, 15) is 14.5 Å². The van der Waals surface area contributed by atoms with Crippen LogP contribution >= 0.6 is 0 Å². The van der Waals surface area contributed by atoms with E-state index in [4.69, 9.17) is 10.5 Å². The lowest BCUT2D eigenvalue weighted by atomic mass is 10.2. The zero-order valence-corrected chi connectivity index (χ0v) is 11.2. The largest absolute Gasteiger partial charge is 0.431 e. The molecule has 0 amide bonds. The van der Waals surface area contributed by atoms with Crippen molar-refractivity contribution in [1.29, 1.82) is 0 Å². The number of nitro benzene ring substituents is 1. The molecule has 0 aliphatic rings. The molecule has 1 aromatic heterocycles. The SMILES string of the molecule is CCCc1c(N)ncnc1Oc1ccc(F)cc1[N+](=O)[O-]. The van der Waals surface area contributed by atoms with E-state index < -0.39 is 16.4 Å². The number of hydrogen-bond donors (Lipinski definition) is 1. The Hall–Kier alpha value is -2.77. The number of benzene rings is 1. The van der Waals surface area contributed by atoms with Crippen molar-refractivity contribution in [2.45, 2.75) is 19.8 Å². The molecule has 0 radical (unpaired) electrons. The fourth-order valence-corrected chi connectivity index (χ4v) is 1.81. The fourth-order valence-electron chi connectivity index (χ4n) is 1.81. The molecule has 0 unspecified atom stereocenters. The molecule has 0 aliphatic carbocycles. The fraction of sp³-hybridized carbons (Fsp3) is 0.231.